The number of ether oxygens (including phenoxy) is 1. The standard InChI is InChI=1S/C10H11ClN2O3/c1-2-16-10(15)9-7(8(14)4-12)3-6(11)5-13-9/h3,5H,2,4,12H2,1H3. The molecular weight excluding hydrogens is 232 g/mol. The molecule has 0 aliphatic carbocycles. The normalized spacial score (nSPS) is 9.94. The van der Waals surface area contributed by atoms with Gasteiger partial charge >= 0.3 is 5.97 Å². The van der Waals surface area contributed by atoms with Crippen molar-refractivity contribution < 1.29 is 14.3 Å². The predicted octanol–water partition coefficient (Wildman–Crippen LogP) is 1.05. The van der Waals surface area contributed by atoms with Crippen LogP contribution >= 0.6 is 11.6 Å². The molecule has 0 aromatic carbocycles. The number of Topliss-reactive ketones (excluding diaryl/α,β-unsaturated/α-hetero) is 1. The van der Waals surface area contributed by atoms with E-state index in [9.17, 15) is 9.59 Å². The molecule has 6 heteroatoms. The zero-order chi connectivity index (χ0) is 12.1. The lowest BCUT2D eigenvalue weighted by atomic mass is 10.1. The summed E-state index contributed by atoms with van der Waals surface area (Å²) in [5, 5.41) is 0.268. The van der Waals surface area contributed by atoms with Crippen molar-refractivity contribution in [3.8, 4) is 0 Å². The first-order valence-corrected chi connectivity index (χ1v) is 5.03. The van der Waals surface area contributed by atoms with E-state index in [0.717, 1.165) is 0 Å². The molecule has 0 bridgehead atoms. The van der Waals surface area contributed by atoms with Gasteiger partial charge in [0, 0.05) is 6.20 Å². The van der Waals surface area contributed by atoms with E-state index in [-0.39, 0.29) is 29.4 Å². The molecule has 0 atom stereocenters. The van der Waals surface area contributed by atoms with Gasteiger partial charge in [-0.3, -0.25) is 4.79 Å². The van der Waals surface area contributed by atoms with Crippen LogP contribution in [0.1, 0.15) is 27.8 Å². The van der Waals surface area contributed by atoms with Gasteiger partial charge in [-0.15, -0.1) is 0 Å². The van der Waals surface area contributed by atoms with Crippen LogP contribution in [0.4, 0.5) is 0 Å². The summed E-state index contributed by atoms with van der Waals surface area (Å²) in [5.41, 5.74) is 5.26. The Kier molecular flexibility index (Phi) is 4.39. The predicted molar refractivity (Wildman–Crippen MR) is 58.6 cm³/mol. The molecule has 1 heterocycles. The number of hydrogen-bond donors (Lipinski definition) is 1. The Bertz CT molecular complexity index is 421. The Morgan fingerprint density at radius 2 is 2.25 bits per heavy atom. The van der Waals surface area contributed by atoms with Crippen LogP contribution in [0.25, 0.3) is 0 Å². The summed E-state index contributed by atoms with van der Waals surface area (Å²) in [4.78, 5) is 26.7. The summed E-state index contributed by atoms with van der Waals surface area (Å²) >= 11 is 5.69. The maximum Gasteiger partial charge on any atom is 0.357 e. The third-order valence-electron chi connectivity index (χ3n) is 1.81. The van der Waals surface area contributed by atoms with Crippen LogP contribution in [-0.4, -0.2) is 29.9 Å². The van der Waals surface area contributed by atoms with E-state index in [2.05, 4.69) is 4.98 Å². The van der Waals surface area contributed by atoms with Gasteiger partial charge < -0.3 is 10.5 Å². The molecule has 86 valence electrons. The van der Waals surface area contributed by atoms with Crippen molar-refractivity contribution in [3.63, 3.8) is 0 Å². The minimum atomic E-state index is -0.657. The fraction of sp³-hybridized carbons (Fsp3) is 0.300. The molecule has 0 amide bonds. The van der Waals surface area contributed by atoms with Crippen LogP contribution < -0.4 is 5.73 Å². The topological polar surface area (TPSA) is 82.3 Å². The van der Waals surface area contributed by atoms with Gasteiger partial charge in [0.15, 0.2) is 11.5 Å². The Morgan fingerprint density at radius 1 is 1.56 bits per heavy atom. The summed E-state index contributed by atoms with van der Waals surface area (Å²) in [6.45, 7) is 1.66. The van der Waals surface area contributed by atoms with Gasteiger partial charge in [0.2, 0.25) is 0 Å². The smallest absolute Gasteiger partial charge is 0.357 e. The zero-order valence-electron chi connectivity index (χ0n) is 8.70. The first kappa shape index (κ1) is 12.6. The Hall–Kier alpha value is -1.46. The third kappa shape index (κ3) is 2.77. The van der Waals surface area contributed by atoms with E-state index >= 15 is 0 Å². The number of carbonyl (C=O) groups excluding carboxylic acids is 2. The molecule has 0 saturated carbocycles. The zero-order valence-corrected chi connectivity index (χ0v) is 9.45. The minimum Gasteiger partial charge on any atom is -0.461 e. The molecule has 1 aromatic rings. The number of esters is 1. The first-order chi connectivity index (χ1) is 7.60. The molecule has 5 nitrogen and oxygen atoms in total. The molecule has 0 unspecified atom stereocenters. The number of rotatable bonds is 4. The van der Waals surface area contributed by atoms with Gasteiger partial charge in [-0.1, -0.05) is 11.6 Å². The van der Waals surface area contributed by atoms with Gasteiger partial charge in [0.25, 0.3) is 0 Å². The molecular formula is C10H11ClN2O3. The van der Waals surface area contributed by atoms with E-state index in [4.69, 9.17) is 22.1 Å². The molecule has 16 heavy (non-hydrogen) atoms. The second-order valence-electron chi connectivity index (χ2n) is 2.90. The van der Waals surface area contributed by atoms with Crippen LogP contribution in [0, 0.1) is 0 Å². The summed E-state index contributed by atoms with van der Waals surface area (Å²) in [6.07, 6.45) is 1.28. The molecule has 0 aliphatic rings. The monoisotopic (exact) mass is 242 g/mol. The van der Waals surface area contributed by atoms with Crippen LogP contribution in [0.3, 0.4) is 0 Å². The van der Waals surface area contributed by atoms with Gasteiger partial charge in [0.05, 0.1) is 23.7 Å². The maximum absolute atomic E-state index is 11.5. The van der Waals surface area contributed by atoms with Gasteiger partial charge in [-0.25, -0.2) is 9.78 Å². The Balaban J connectivity index is 3.17. The first-order valence-electron chi connectivity index (χ1n) is 4.66. The van der Waals surface area contributed by atoms with Gasteiger partial charge in [0.1, 0.15) is 0 Å². The Morgan fingerprint density at radius 3 is 2.81 bits per heavy atom. The fourth-order valence-corrected chi connectivity index (χ4v) is 1.28. The van der Waals surface area contributed by atoms with Gasteiger partial charge in [-0.05, 0) is 13.0 Å². The number of nitrogens with zero attached hydrogens (tertiary/aromatic N) is 1. The molecule has 2 N–H and O–H groups in total. The molecule has 0 saturated heterocycles. The average molecular weight is 243 g/mol. The number of ketones is 1. The molecule has 0 radical (unpaired) electrons. The van der Waals surface area contributed by atoms with Crippen LogP contribution in [0.15, 0.2) is 12.3 Å². The Labute approximate surface area is 97.6 Å². The lowest BCUT2D eigenvalue weighted by Crippen LogP contribution is -2.19. The van der Waals surface area contributed by atoms with Crippen LogP contribution in [-0.2, 0) is 4.74 Å². The number of aromatic nitrogens is 1. The SMILES string of the molecule is CCOC(=O)c1ncc(Cl)cc1C(=O)CN. The second-order valence-corrected chi connectivity index (χ2v) is 3.33. The van der Waals surface area contributed by atoms with Crippen LogP contribution in [0.5, 0.6) is 0 Å². The van der Waals surface area contributed by atoms with Crippen molar-refractivity contribution >= 4 is 23.4 Å². The molecule has 0 spiro atoms. The highest BCUT2D eigenvalue weighted by molar-refractivity contribution is 6.31. The van der Waals surface area contributed by atoms with Crippen molar-refractivity contribution in [2.75, 3.05) is 13.2 Å². The number of halogens is 1. The lowest BCUT2D eigenvalue weighted by molar-refractivity contribution is 0.0516. The fourth-order valence-electron chi connectivity index (χ4n) is 1.12. The van der Waals surface area contributed by atoms with E-state index < -0.39 is 11.8 Å². The van der Waals surface area contributed by atoms with E-state index in [1.54, 1.807) is 6.92 Å². The quantitative estimate of drug-likeness (QED) is 0.630. The van der Waals surface area contributed by atoms with Crippen molar-refractivity contribution in [1.29, 1.82) is 0 Å². The summed E-state index contributed by atoms with van der Waals surface area (Å²) in [6, 6.07) is 1.36. The molecule has 0 aliphatic heterocycles. The molecule has 1 rings (SSSR count). The minimum absolute atomic E-state index is 0.0540. The average Bonchev–Trinajstić information content (AvgIpc) is 2.28. The van der Waals surface area contributed by atoms with E-state index in [1.165, 1.54) is 12.3 Å². The summed E-state index contributed by atoms with van der Waals surface area (Å²) in [7, 11) is 0. The number of hydrogen-bond acceptors (Lipinski definition) is 5. The van der Waals surface area contributed by atoms with Crippen molar-refractivity contribution in [2.24, 2.45) is 5.73 Å². The number of pyridine rings is 1. The number of nitrogens with two attached hydrogens (primary N) is 1. The lowest BCUT2D eigenvalue weighted by Gasteiger charge is -2.06. The van der Waals surface area contributed by atoms with Crippen LogP contribution in [0.2, 0.25) is 5.02 Å². The third-order valence-corrected chi connectivity index (χ3v) is 2.02. The van der Waals surface area contributed by atoms with Crippen molar-refractivity contribution in [2.45, 2.75) is 6.92 Å². The highest BCUT2D eigenvalue weighted by Crippen LogP contribution is 2.14. The summed E-state index contributed by atoms with van der Waals surface area (Å²) in [5.74, 6) is -1.06. The van der Waals surface area contributed by atoms with Crippen molar-refractivity contribution in [3.05, 3.63) is 28.5 Å². The van der Waals surface area contributed by atoms with Crippen molar-refractivity contribution in [1.82, 2.24) is 4.98 Å². The second kappa shape index (κ2) is 5.58. The summed E-state index contributed by atoms with van der Waals surface area (Å²) < 4.78 is 4.77. The number of carbonyl (C=O) groups is 2. The highest BCUT2D eigenvalue weighted by atomic mass is 35.5. The highest BCUT2D eigenvalue weighted by Gasteiger charge is 2.19. The molecule has 0 fully saturated rings. The van der Waals surface area contributed by atoms with E-state index in [1.807, 2.05) is 0 Å². The maximum atomic E-state index is 11.5. The molecule has 1 aromatic heterocycles. The largest absolute Gasteiger partial charge is 0.461 e. The van der Waals surface area contributed by atoms with Gasteiger partial charge in [-0.2, -0.15) is 0 Å². The van der Waals surface area contributed by atoms with E-state index in [0.29, 0.717) is 0 Å².